The molecular weight excluding hydrogens is 296 g/mol. The van der Waals surface area contributed by atoms with E-state index in [1.54, 1.807) is 13.8 Å². The van der Waals surface area contributed by atoms with Gasteiger partial charge in [-0.3, -0.25) is 4.79 Å². The zero-order valence-corrected chi connectivity index (χ0v) is 12.3. The van der Waals surface area contributed by atoms with Gasteiger partial charge in [0, 0.05) is 26.7 Å². The van der Waals surface area contributed by atoms with Crippen LogP contribution in [0.1, 0.15) is 31.9 Å². The number of carboxylic acids is 1. The molecule has 100 valence electrons. The Bertz CT molecular complexity index is 451. The fourth-order valence-electron chi connectivity index (χ4n) is 1.65. The molecule has 0 radical (unpaired) electrons. The van der Waals surface area contributed by atoms with Crippen molar-refractivity contribution in [1.82, 2.24) is 0 Å². The zero-order valence-electron chi connectivity index (χ0n) is 10.0. The Morgan fingerprint density at radius 3 is 2.17 bits per heavy atom. The van der Waals surface area contributed by atoms with Gasteiger partial charge in [-0.05, 0) is 32.4 Å². The van der Waals surface area contributed by atoms with Crippen LogP contribution in [0.3, 0.4) is 0 Å². The summed E-state index contributed by atoms with van der Waals surface area (Å²) >= 11 is 17.9. The number of halogens is 3. The van der Waals surface area contributed by atoms with E-state index in [4.69, 9.17) is 45.6 Å². The molecule has 1 atom stereocenters. The molecular formula is C12H14Cl3NO2. The standard InChI is InChI=1S/C12H14Cl3NO2/c1-12(2,11(17)18)5-9(16)10-7(14)3-6(13)4-8(10)15/h3-4,9H,5,16H2,1-2H3,(H,17,18). The smallest absolute Gasteiger partial charge is 0.309 e. The molecule has 1 aromatic carbocycles. The van der Waals surface area contributed by atoms with Crippen molar-refractivity contribution >= 4 is 40.8 Å². The molecule has 0 aliphatic rings. The Morgan fingerprint density at radius 2 is 1.78 bits per heavy atom. The number of carboxylic acid groups (broad SMARTS) is 1. The summed E-state index contributed by atoms with van der Waals surface area (Å²) in [5.41, 5.74) is 5.57. The van der Waals surface area contributed by atoms with Crippen LogP contribution in [0, 0.1) is 5.41 Å². The second-order valence-electron chi connectivity index (χ2n) is 4.78. The maximum atomic E-state index is 11.1. The molecule has 0 aliphatic carbocycles. The topological polar surface area (TPSA) is 63.3 Å². The van der Waals surface area contributed by atoms with Gasteiger partial charge >= 0.3 is 5.97 Å². The normalized spacial score (nSPS) is 13.4. The monoisotopic (exact) mass is 309 g/mol. The summed E-state index contributed by atoms with van der Waals surface area (Å²) in [6.45, 7) is 3.21. The highest BCUT2D eigenvalue weighted by Gasteiger charge is 2.31. The predicted molar refractivity (Wildman–Crippen MR) is 74.4 cm³/mol. The van der Waals surface area contributed by atoms with Gasteiger partial charge in [0.15, 0.2) is 0 Å². The van der Waals surface area contributed by atoms with Gasteiger partial charge in [0.25, 0.3) is 0 Å². The fourth-order valence-corrected chi connectivity index (χ4v) is 2.74. The number of hydrogen-bond acceptors (Lipinski definition) is 2. The first-order chi connectivity index (χ1) is 8.15. The minimum absolute atomic E-state index is 0.226. The van der Waals surface area contributed by atoms with E-state index in [0.29, 0.717) is 20.6 Å². The van der Waals surface area contributed by atoms with Crippen LogP contribution in [0.15, 0.2) is 12.1 Å². The SMILES string of the molecule is CC(C)(CC(N)c1c(Cl)cc(Cl)cc1Cl)C(=O)O. The molecule has 0 saturated heterocycles. The van der Waals surface area contributed by atoms with Crippen molar-refractivity contribution in [2.24, 2.45) is 11.1 Å². The van der Waals surface area contributed by atoms with Crippen molar-refractivity contribution in [1.29, 1.82) is 0 Å². The van der Waals surface area contributed by atoms with Crippen molar-refractivity contribution in [3.63, 3.8) is 0 Å². The number of aliphatic carboxylic acids is 1. The van der Waals surface area contributed by atoms with Crippen LogP contribution in [0.25, 0.3) is 0 Å². The van der Waals surface area contributed by atoms with E-state index in [1.165, 1.54) is 12.1 Å². The lowest BCUT2D eigenvalue weighted by Crippen LogP contribution is -2.29. The van der Waals surface area contributed by atoms with Gasteiger partial charge in [-0.15, -0.1) is 0 Å². The average Bonchev–Trinajstić information content (AvgIpc) is 2.13. The zero-order chi connectivity index (χ0) is 14.1. The molecule has 1 aromatic rings. The molecule has 3 N–H and O–H groups in total. The van der Waals surface area contributed by atoms with Crippen molar-refractivity contribution < 1.29 is 9.90 Å². The van der Waals surface area contributed by atoms with E-state index in [0.717, 1.165) is 0 Å². The largest absolute Gasteiger partial charge is 0.481 e. The minimum Gasteiger partial charge on any atom is -0.481 e. The highest BCUT2D eigenvalue weighted by molar-refractivity contribution is 6.39. The van der Waals surface area contributed by atoms with Crippen LogP contribution in [0.5, 0.6) is 0 Å². The van der Waals surface area contributed by atoms with Crippen LogP contribution >= 0.6 is 34.8 Å². The van der Waals surface area contributed by atoms with Gasteiger partial charge < -0.3 is 10.8 Å². The Balaban J connectivity index is 3.05. The predicted octanol–water partition coefficient (Wildman–Crippen LogP) is 4.15. The molecule has 1 unspecified atom stereocenters. The summed E-state index contributed by atoms with van der Waals surface area (Å²) in [5.74, 6) is -0.917. The third-order valence-electron chi connectivity index (χ3n) is 2.72. The van der Waals surface area contributed by atoms with Crippen LogP contribution in [0.4, 0.5) is 0 Å². The molecule has 0 saturated carbocycles. The second-order valence-corrected chi connectivity index (χ2v) is 6.03. The molecule has 3 nitrogen and oxygen atoms in total. The molecule has 0 heterocycles. The molecule has 0 aliphatic heterocycles. The van der Waals surface area contributed by atoms with Gasteiger partial charge in [-0.2, -0.15) is 0 Å². The number of hydrogen-bond donors (Lipinski definition) is 2. The lowest BCUT2D eigenvalue weighted by molar-refractivity contribution is -0.147. The third-order valence-corrected chi connectivity index (χ3v) is 3.57. The average molecular weight is 311 g/mol. The van der Waals surface area contributed by atoms with Crippen LogP contribution < -0.4 is 5.73 Å². The molecule has 6 heteroatoms. The van der Waals surface area contributed by atoms with Crippen molar-refractivity contribution in [3.8, 4) is 0 Å². The lowest BCUT2D eigenvalue weighted by atomic mass is 9.84. The maximum absolute atomic E-state index is 11.1. The van der Waals surface area contributed by atoms with E-state index in [-0.39, 0.29) is 6.42 Å². The number of benzene rings is 1. The van der Waals surface area contributed by atoms with E-state index in [1.807, 2.05) is 0 Å². The highest BCUT2D eigenvalue weighted by Crippen LogP contribution is 2.37. The summed E-state index contributed by atoms with van der Waals surface area (Å²) in [7, 11) is 0. The van der Waals surface area contributed by atoms with Gasteiger partial charge in [-0.1, -0.05) is 34.8 Å². The first-order valence-corrected chi connectivity index (χ1v) is 6.42. The highest BCUT2D eigenvalue weighted by atomic mass is 35.5. The first-order valence-electron chi connectivity index (χ1n) is 5.28. The van der Waals surface area contributed by atoms with Gasteiger partial charge in [-0.25, -0.2) is 0 Å². The van der Waals surface area contributed by atoms with Gasteiger partial charge in [0.1, 0.15) is 0 Å². The maximum Gasteiger partial charge on any atom is 0.309 e. The van der Waals surface area contributed by atoms with Crippen LogP contribution in [-0.4, -0.2) is 11.1 Å². The molecule has 18 heavy (non-hydrogen) atoms. The Labute approximate surface area is 121 Å². The summed E-state index contributed by atoms with van der Waals surface area (Å²) in [6, 6.07) is 2.52. The Hall–Kier alpha value is -0.480. The quantitative estimate of drug-likeness (QED) is 0.878. The first kappa shape index (κ1) is 15.6. The van der Waals surface area contributed by atoms with E-state index >= 15 is 0 Å². The summed E-state index contributed by atoms with van der Waals surface area (Å²) in [5, 5.41) is 10.2. The summed E-state index contributed by atoms with van der Waals surface area (Å²) in [4.78, 5) is 11.1. The molecule has 0 amide bonds. The van der Waals surface area contributed by atoms with Gasteiger partial charge in [0.2, 0.25) is 0 Å². The molecule has 0 aromatic heterocycles. The van der Waals surface area contributed by atoms with Crippen molar-refractivity contribution in [2.75, 3.05) is 0 Å². The summed E-state index contributed by atoms with van der Waals surface area (Å²) < 4.78 is 0. The van der Waals surface area contributed by atoms with Crippen molar-refractivity contribution in [3.05, 3.63) is 32.8 Å². The van der Waals surface area contributed by atoms with E-state index < -0.39 is 17.4 Å². The fraction of sp³-hybridized carbons (Fsp3) is 0.417. The van der Waals surface area contributed by atoms with Crippen LogP contribution in [-0.2, 0) is 4.79 Å². The van der Waals surface area contributed by atoms with Gasteiger partial charge in [0.05, 0.1) is 5.41 Å². The minimum atomic E-state index is -0.953. The number of nitrogens with two attached hydrogens (primary N) is 1. The lowest BCUT2D eigenvalue weighted by Gasteiger charge is -2.24. The van der Waals surface area contributed by atoms with E-state index in [9.17, 15) is 4.79 Å². The van der Waals surface area contributed by atoms with E-state index in [2.05, 4.69) is 0 Å². The molecule has 0 fully saturated rings. The molecule has 0 spiro atoms. The third kappa shape index (κ3) is 3.51. The Kier molecular flexibility index (Phi) is 4.90. The number of carbonyl (C=O) groups is 1. The van der Waals surface area contributed by atoms with Crippen LogP contribution in [0.2, 0.25) is 15.1 Å². The second kappa shape index (κ2) is 5.66. The van der Waals surface area contributed by atoms with Crippen molar-refractivity contribution in [2.45, 2.75) is 26.3 Å². The summed E-state index contributed by atoms with van der Waals surface area (Å²) in [6.07, 6.45) is 0.226. The molecule has 0 bridgehead atoms. The Morgan fingerprint density at radius 1 is 1.33 bits per heavy atom. The molecule has 1 rings (SSSR count). The number of rotatable bonds is 4.